The highest BCUT2D eigenvalue weighted by Crippen LogP contribution is 2.26. The number of aryl methyl sites for hydroxylation is 1. The molecule has 0 radical (unpaired) electrons. The molecule has 0 spiro atoms. The molecule has 1 aromatic heterocycles. The fourth-order valence-corrected chi connectivity index (χ4v) is 3.70. The molecule has 0 fully saturated rings. The molecular formula is C17H14Cl2N4O3S. The summed E-state index contributed by atoms with van der Waals surface area (Å²) in [6.07, 6.45) is 1.14. The molecule has 3 rings (SSSR count). The average molecular weight is 425 g/mol. The Kier molecular flexibility index (Phi) is 5.41. The first-order chi connectivity index (χ1) is 12.8. The normalized spacial score (nSPS) is 11.2. The molecule has 0 aliphatic rings. The second-order valence-corrected chi connectivity index (χ2v) is 8.10. The topological polar surface area (TPSA) is 104 Å². The maximum Gasteiger partial charge on any atom is 0.279 e. The summed E-state index contributed by atoms with van der Waals surface area (Å²) in [5.74, 6) is -0.661. The van der Waals surface area contributed by atoms with E-state index in [-0.39, 0.29) is 15.6 Å². The first-order valence-electron chi connectivity index (χ1n) is 7.65. The number of H-pyrrole nitrogens is 1. The van der Waals surface area contributed by atoms with Crippen LogP contribution in [0.2, 0.25) is 10.0 Å². The Morgan fingerprint density at radius 1 is 1.04 bits per heavy atom. The maximum absolute atomic E-state index is 12.6. The van der Waals surface area contributed by atoms with Gasteiger partial charge in [-0.2, -0.15) is 13.5 Å². The highest BCUT2D eigenvalue weighted by molar-refractivity contribution is 7.92. The lowest BCUT2D eigenvalue weighted by molar-refractivity contribution is 0.102. The molecule has 140 valence electrons. The summed E-state index contributed by atoms with van der Waals surface area (Å²) in [4.78, 5) is 12.5. The van der Waals surface area contributed by atoms with Gasteiger partial charge in [0.15, 0.2) is 5.03 Å². The van der Waals surface area contributed by atoms with Crippen LogP contribution in [0.5, 0.6) is 0 Å². The summed E-state index contributed by atoms with van der Waals surface area (Å²) in [5.41, 5.74) is 1.58. The number of amides is 1. The van der Waals surface area contributed by atoms with Gasteiger partial charge in [-0.25, -0.2) is 0 Å². The Balaban J connectivity index is 1.84. The smallest absolute Gasteiger partial charge is 0.279 e. The molecule has 0 saturated carbocycles. The van der Waals surface area contributed by atoms with E-state index in [2.05, 4.69) is 20.2 Å². The summed E-state index contributed by atoms with van der Waals surface area (Å²) in [5, 5.41) is 8.85. The lowest BCUT2D eigenvalue weighted by Crippen LogP contribution is -2.19. The number of carbonyl (C=O) groups is 1. The van der Waals surface area contributed by atoms with Crippen molar-refractivity contribution in [2.75, 3.05) is 10.0 Å². The van der Waals surface area contributed by atoms with E-state index in [0.717, 1.165) is 11.8 Å². The zero-order valence-electron chi connectivity index (χ0n) is 14.0. The first-order valence-corrected chi connectivity index (χ1v) is 9.89. The molecule has 7 nitrogen and oxygen atoms in total. The molecule has 0 bridgehead atoms. The van der Waals surface area contributed by atoms with Crippen LogP contribution in [0.1, 0.15) is 15.9 Å². The number of hydrogen-bond donors (Lipinski definition) is 3. The van der Waals surface area contributed by atoms with Crippen LogP contribution in [-0.2, 0) is 10.0 Å². The van der Waals surface area contributed by atoms with Gasteiger partial charge in [0, 0.05) is 11.4 Å². The fraction of sp³-hybridized carbons (Fsp3) is 0.0588. The third-order valence-corrected chi connectivity index (χ3v) is 5.69. The number of hydrogen-bond acceptors (Lipinski definition) is 4. The van der Waals surface area contributed by atoms with Gasteiger partial charge in [0.25, 0.3) is 15.9 Å². The van der Waals surface area contributed by atoms with Crippen molar-refractivity contribution in [1.29, 1.82) is 0 Å². The maximum atomic E-state index is 12.6. The quantitative estimate of drug-likeness (QED) is 0.573. The zero-order chi connectivity index (χ0) is 19.6. The fourth-order valence-electron chi connectivity index (χ4n) is 2.24. The monoisotopic (exact) mass is 424 g/mol. The average Bonchev–Trinajstić information content (AvgIpc) is 3.11. The Labute approximate surface area is 165 Å². The van der Waals surface area contributed by atoms with Crippen LogP contribution in [0, 0.1) is 6.92 Å². The summed E-state index contributed by atoms with van der Waals surface area (Å²) in [6.45, 7) is 1.89. The lowest BCUT2D eigenvalue weighted by Gasteiger charge is -2.09. The van der Waals surface area contributed by atoms with Gasteiger partial charge in [-0.1, -0.05) is 40.9 Å². The van der Waals surface area contributed by atoms with E-state index in [9.17, 15) is 13.2 Å². The second kappa shape index (κ2) is 7.59. The lowest BCUT2D eigenvalue weighted by atomic mass is 10.2. The van der Waals surface area contributed by atoms with Gasteiger partial charge in [-0.15, -0.1) is 0 Å². The number of rotatable bonds is 5. The Morgan fingerprint density at radius 3 is 2.37 bits per heavy atom. The van der Waals surface area contributed by atoms with Gasteiger partial charge in [-0.3, -0.25) is 14.6 Å². The third-order valence-electron chi connectivity index (χ3n) is 3.60. The Hall–Kier alpha value is -2.55. The van der Waals surface area contributed by atoms with Crippen molar-refractivity contribution in [1.82, 2.24) is 10.2 Å². The number of anilines is 2. The molecule has 0 atom stereocenters. The van der Waals surface area contributed by atoms with Crippen molar-refractivity contribution in [3.05, 3.63) is 69.8 Å². The van der Waals surface area contributed by atoms with Gasteiger partial charge in [0.05, 0.1) is 21.8 Å². The minimum absolute atomic E-state index is 0.138. The van der Waals surface area contributed by atoms with E-state index in [1.165, 1.54) is 12.1 Å². The number of sulfonamides is 1. The number of benzene rings is 2. The van der Waals surface area contributed by atoms with Gasteiger partial charge >= 0.3 is 0 Å². The van der Waals surface area contributed by atoms with Gasteiger partial charge in [0.1, 0.15) is 0 Å². The molecule has 0 aliphatic heterocycles. The molecule has 2 aromatic carbocycles. The molecule has 1 heterocycles. The van der Waals surface area contributed by atoms with Crippen LogP contribution in [-0.4, -0.2) is 24.5 Å². The molecule has 0 aliphatic carbocycles. The number of halogens is 2. The van der Waals surface area contributed by atoms with E-state index in [4.69, 9.17) is 23.2 Å². The Bertz CT molecular complexity index is 1100. The van der Waals surface area contributed by atoms with Crippen molar-refractivity contribution in [3.8, 4) is 0 Å². The molecule has 0 saturated heterocycles. The standard InChI is InChI=1S/C17H14Cl2N4O3S/c1-10-2-4-11(5-3-10)23-27(25,26)17-13(9-20-22-17)16(24)21-12-6-7-14(18)15(19)8-12/h2-9,23H,1H3,(H,20,22)(H,21,24). The van der Waals surface area contributed by atoms with E-state index < -0.39 is 15.9 Å². The Morgan fingerprint density at radius 2 is 1.70 bits per heavy atom. The molecule has 1 amide bonds. The molecule has 0 unspecified atom stereocenters. The summed E-state index contributed by atoms with van der Waals surface area (Å²) in [7, 11) is -4.04. The predicted molar refractivity (Wildman–Crippen MR) is 105 cm³/mol. The van der Waals surface area contributed by atoms with E-state index >= 15 is 0 Å². The number of aromatic nitrogens is 2. The second-order valence-electron chi connectivity index (χ2n) is 5.67. The van der Waals surface area contributed by atoms with Crippen LogP contribution in [0.4, 0.5) is 11.4 Å². The number of nitrogens with zero attached hydrogens (tertiary/aromatic N) is 1. The highest BCUT2D eigenvalue weighted by Gasteiger charge is 2.25. The number of carbonyl (C=O) groups excluding carboxylic acids is 1. The van der Waals surface area contributed by atoms with Gasteiger partial charge in [-0.05, 0) is 37.3 Å². The van der Waals surface area contributed by atoms with Crippen molar-refractivity contribution in [2.45, 2.75) is 11.9 Å². The molecule has 3 N–H and O–H groups in total. The van der Waals surface area contributed by atoms with Gasteiger partial charge in [0.2, 0.25) is 0 Å². The number of nitrogens with one attached hydrogen (secondary N) is 3. The molecular weight excluding hydrogens is 411 g/mol. The van der Waals surface area contributed by atoms with Gasteiger partial charge < -0.3 is 5.32 Å². The molecule has 27 heavy (non-hydrogen) atoms. The van der Waals surface area contributed by atoms with Crippen LogP contribution in [0.25, 0.3) is 0 Å². The third kappa shape index (κ3) is 4.41. The SMILES string of the molecule is Cc1ccc(NS(=O)(=O)c2[nH]ncc2C(=O)Nc2ccc(Cl)c(Cl)c2)cc1. The summed E-state index contributed by atoms with van der Waals surface area (Å²) < 4.78 is 27.7. The van der Waals surface area contributed by atoms with Crippen molar-refractivity contribution in [3.63, 3.8) is 0 Å². The zero-order valence-corrected chi connectivity index (χ0v) is 16.3. The minimum Gasteiger partial charge on any atom is -0.322 e. The minimum atomic E-state index is -4.04. The largest absolute Gasteiger partial charge is 0.322 e. The van der Waals surface area contributed by atoms with Crippen LogP contribution < -0.4 is 10.0 Å². The van der Waals surface area contributed by atoms with Crippen molar-refractivity contribution >= 4 is 50.5 Å². The van der Waals surface area contributed by atoms with E-state index in [0.29, 0.717) is 16.4 Å². The predicted octanol–water partition coefficient (Wildman–Crippen LogP) is 4.08. The van der Waals surface area contributed by atoms with Crippen LogP contribution >= 0.6 is 23.2 Å². The van der Waals surface area contributed by atoms with Crippen molar-refractivity contribution in [2.24, 2.45) is 0 Å². The summed E-state index contributed by atoms with van der Waals surface area (Å²) >= 11 is 11.8. The van der Waals surface area contributed by atoms with Crippen LogP contribution in [0.3, 0.4) is 0 Å². The highest BCUT2D eigenvalue weighted by atomic mass is 35.5. The molecule has 3 aromatic rings. The first kappa shape index (κ1) is 19.2. The summed E-state index contributed by atoms with van der Waals surface area (Å²) in [6, 6.07) is 11.3. The van der Waals surface area contributed by atoms with E-state index in [1.54, 1.807) is 30.3 Å². The van der Waals surface area contributed by atoms with Crippen LogP contribution in [0.15, 0.2) is 53.7 Å². The molecule has 10 heteroatoms. The number of aromatic amines is 1. The van der Waals surface area contributed by atoms with E-state index in [1.807, 2.05) is 6.92 Å². The van der Waals surface area contributed by atoms with Crippen molar-refractivity contribution < 1.29 is 13.2 Å².